The van der Waals surface area contributed by atoms with E-state index in [-0.39, 0.29) is 29.5 Å². The standard InChI is InChI=1S/C27H25ClFN3O3/c1-17(2)15-30-25(33)14-18-10-12-19(13-11-18)32-26(34)20-6-3-4-9-24(20)31(27(32)35)16-21-22(28)7-5-8-23(21)29/h3-13,17H,14-16H2,1-2H3,(H,30,33). The number of carbonyl (C=O) groups excluding carboxylic acids is 1. The minimum absolute atomic E-state index is 0.0987. The van der Waals surface area contributed by atoms with Crippen LogP contribution in [0.4, 0.5) is 4.39 Å². The van der Waals surface area contributed by atoms with Gasteiger partial charge in [0.25, 0.3) is 5.56 Å². The van der Waals surface area contributed by atoms with E-state index in [4.69, 9.17) is 11.6 Å². The molecular weight excluding hydrogens is 469 g/mol. The first-order chi connectivity index (χ1) is 16.8. The summed E-state index contributed by atoms with van der Waals surface area (Å²) < 4.78 is 16.9. The third-order valence-corrected chi connectivity index (χ3v) is 6.05. The molecule has 1 heterocycles. The molecule has 1 amide bonds. The van der Waals surface area contributed by atoms with Gasteiger partial charge in [0.1, 0.15) is 5.82 Å². The fourth-order valence-electron chi connectivity index (χ4n) is 3.87. The molecule has 8 heteroatoms. The Bertz CT molecular complexity index is 1490. The Morgan fingerprint density at radius 2 is 1.71 bits per heavy atom. The molecule has 0 radical (unpaired) electrons. The molecule has 0 atom stereocenters. The Morgan fingerprint density at radius 3 is 2.40 bits per heavy atom. The predicted molar refractivity (Wildman–Crippen MR) is 136 cm³/mol. The molecule has 4 rings (SSSR count). The van der Waals surface area contributed by atoms with E-state index in [1.54, 1.807) is 54.6 Å². The number of nitrogens with one attached hydrogen (secondary N) is 1. The second kappa shape index (κ2) is 10.3. The van der Waals surface area contributed by atoms with Crippen LogP contribution < -0.4 is 16.6 Å². The fraction of sp³-hybridized carbons (Fsp3) is 0.222. The number of aromatic nitrogens is 2. The zero-order valence-corrected chi connectivity index (χ0v) is 20.2. The van der Waals surface area contributed by atoms with Crippen LogP contribution in [0.3, 0.4) is 0 Å². The Kier molecular flexibility index (Phi) is 7.17. The van der Waals surface area contributed by atoms with E-state index in [9.17, 15) is 18.8 Å². The van der Waals surface area contributed by atoms with E-state index in [1.165, 1.54) is 16.7 Å². The average molecular weight is 494 g/mol. The van der Waals surface area contributed by atoms with Gasteiger partial charge in [-0.25, -0.2) is 13.8 Å². The van der Waals surface area contributed by atoms with Crippen molar-refractivity contribution in [2.24, 2.45) is 5.92 Å². The Hall–Kier alpha value is -3.71. The van der Waals surface area contributed by atoms with Crippen molar-refractivity contribution in [1.82, 2.24) is 14.5 Å². The van der Waals surface area contributed by atoms with Gasteiger partial charge in [-0.2, -0.15) is 0 Å². The molecule has 0 aliphatic rings. The second-order valence-corrected chi connectivity index (χ2v) is 9.17. The minimum Gasteiger partial charge on any atom is -0.356 e. The molecule has 1 aromatic heterocycles. The highest BCUT2D eigenvalue weighted by Crippen LogP contribution is 2.21. The highest BCUT2D eigenvalue weighted by atomic mass is 35.5. The molecule has 0 saturated carbocycles. The summed E-state index contributed by atoms with van der Waals surface area (Å²) in [6.07, 6.45) is 0.190. The van der Waals surface area contributed by atoms with Gasteiger partial charge >= 0.3 is 5.69 Å². The number of nitrogens with zero attached hydrogens (tertiary/aromatic N) is 2. The zero-order chi connectivity index (χ0) is 25.1. The molecule has 180 valence electrons. The number of halogens is 2. The van der Waals surface area contributed by atoms with E-state index in [0.29, 0.717) is 29.1 Å². The van der Waals surface area contributed by atoms with Crippen LogP contribution in [0.1, 0.15) is 25.0 Å². The SMILES string of the molecule is CC(C)CNC(=O)Cc1ccc(-n2c(=O)c3ccccc3n(Cc3c(F)cccc3Cl)c2=O)cc1. The Balaban J connectivity index is 1.77. The monoisotopic (exact) mass is 493 g/mol. The first-order valence-electron chi connectivity index (χ1n) is 11.3. The summed E-state index contributed by atoms with van der Waals surface area (Å²) in [6.45, 7) is 4.49. The normalized spacial score (nSPS) is 11.2. The molecule has 35 heavy (non-hydrogen) atoms. The highest BCUT2D eigenvalue weighted by Gasteiger charge is 2.17. The van der Waals surface area contributed by atoms with Crippen molar-refractivity contribution in [1.29, 1.82) is 0 Å². The van der Waals surface area contributed by atoms with Crippen molar-refractivity contribution < 1.29 is 9.18 Å². The topological polar surface area (TPSA) is 73.1 Å². The lowest BCUT2D eigenvalue weighted by molar-refractivity contribution is -0.120. The molecule has 4 aromatic rings. The maximum atomic E-state index is 14.5. The first-order valence-corrected chi connectivity index (χ1v) is 11.7. The first kappa shape index (κ1) is 24.4. The fourth-order valence-corrected chi connectivity index (χ4v) is 4.09. The van der Waals surface area contributed by atoms with Gasteiger partial charge in [-0.1, -0.05) is 55.8 Å². The zero-order valence-electron chi connectivity index (χ0n) is 19.4. The third kappa shape index (κ3) is 5.20. The van der Waals surface area contributed by atoms with Gasteiger partial charge in [0.05, 0.1) is 29.6 Å². The maximum Gasteiger partial charge on any atom is 0.336 e. The molecule has 0 spiro atoms. The number of hydrogen-bond donors (Lipinski definition) is 1. The summed E-state index contributed by atoms with van der Waals surface area (Å²) in [6, 6.07) is 17.7. The van der Waals surface area contributed by atoms with Gasteiger partial charge in [0, 0.05) is 17.1 Å². The highest BCUT2D eigenvalue weighted by molar-refractivity contribution is 6.31. The van der Waals surface area contributed by atoms with Crippen LogP contribution in [-0.2, 0) is 17.8 Å². The summed E-state index contributed by atoms with van der Waals surface area (Å²) in [7, 11) is 0. The third-order valence-electron chi connectivity index (χ3n) is 5.70. The van der Waals surface area contributed by atoms with Crippen LogP contribution in [0.15, 0.2) is 76.3 Å². The lowest BCUT2D eigenvalue weighted by Crippen LogP contribution is -2.39. The van der Waals surface area contributed by atoms with E-state index >= 15 is 0 Å². The molecule has 6 nitrogen and oxygen atoms in total. The van der Waals surface area contributed by atoms with Crippen LogP contribution in [-0.4, -0.2) is 21.6 Å². The molecule has 3 aromatic carbocycles. The smallest absolute Gasteiger partial charge is 0.336 e. The van der Waals surface area contributed by atoms with Crippen molar-refractivity contribution in [2.75, 3.05) is 6.54 Å². The molecule has 0 unspecified atom stereocenters. The Labute approximate surface area is 206 Å². The van der Waals surface area contributed by atoms with Gasteiger partial charge in [-0.3, -0.25) is 14.2 Å². The summed E-state index contributed by atoms with van der Waals surface area (Å²) >= 11 is 6.21. The van der Waals surface area contributed by atoms with Crippen LogP contribution in [0.25, 0.3) is 16.6 Å². The van der Waals surface area contributed by atoms with Crippen LogP contribution in [0.5, 0.6) is 0 Å². The van der Waals surface area contributed by atoms with Gasteiger partial charge in [-0.05, 0) is 47.9 Å². The quantitative estimate of drug-likeness (QED) is 0.417. The largest absolute Gasteiger partial charge is 0.356 e. The molecular formula is C27H25ClFN3O3. The second-order valence-electron chi connectivity index (χ2n) is 8.77. The number of hydrogen-bond acceptors (Lipinski definition) is 3. The predicted octanol–water partition coefficient (Wildman–Crippen LogP) is 4.31. The summed E-state index contributed by atoms with van der Waals surface area (Å²) in [5.74, 6) is -0.285. The molecule has 0 bridgehead atoms. The molecule has 0 saturated heterocycles. The van der Waals surface area contributed by atoms with Crippen molar-refractivity contribution in [3.8, 4) is 5.69 Å². The molecule has 0 fully saturated rings. The van der Waals surface area contributed by atoms with E-state index in [2.05, 4.69) is 5.32 Å². The van der Waals surface area contributed by atoms with Gasteiger partial charge in [0.15, 0.2) is 0 Å². The number of fused-ring (bicyclic) bond motifs is 1. The number of benzene rings is 3. The minimum atomic E-state index is -0.615. The van der Waals surface area contributed by atoms with Gasteiger partial charge < -0.3 is 5.32 Å². The van der Waals surface area contributed by atoms with Crippen LogP contribution in [0, 0.1) is 11.7 Å². The van der Waals surface area contributed by atoms with Crippen molar-refractivity contribution in [3.05, 3.63) is 110 Å². The van der Waals surface area contributed by atoms with Gasteiger partial charge in [-0.15, -0.1) is 0 Å². The van der Waals surface area contributed by atoms with Crippen LogP contribution in [0.2, 0.25) is 5.02 Å². The van der Waals surface area contributed by atoms with Crippen molar-refractivity contribution >= 4 is 28.4 Å². The van der Waals surface area contributed by atoms with Gasteiger partial charge in [0.2, 0.25) is 5.91 Å². The van der Waals surface area contributed by atoms with E-state index in [1.807, 2.05) is 13.8 Å². The van der Waals surface area contributed by atoms with Crippen molar-refractivity contribution in [3.63, 3.8) is 0 Å². The lowest BCUT2D eigenvalue weighted by atomic mass is 10.1. The number of para-hydroxylation sites is 1. The number of rotatable bonds is 7. The number of carbonyl (C=O) groups is 1. The lowest BCUT2D eigenvalue weighted by Gasteiger charge is -2.15. The molecule has 0 aliphatic carbocycles. The van der Waals surface area contributed by atoms with E-state index < -0.39 is 17.1 Å². The summed E-state index contributed by atoms with van der Waals surface area (Å²) in [5.41, 5.74) is 0.554. The Morgan fingerprint density at radius 1 is 1.00 bits per heavy atom. The maximum absolute atomic E-state index is 14.5. The average Bonchev–Trinajstić information content (AvgIpc) is 2.83. The number of amides is 1. The molecule has 0 aliphatic heterocycles. The summed E-state index contributed by atoms with van der Waals surface area (Å²) in [4.78, 5) is 39.0. The van der Waals surface area contributed by atoms with E-state index in [0.717, 1.165) is 10.1 Å². The van der Waals surface area contributed by atoms with Crippen LogP contribution >= 0.6 is 11.6 Å². The summed E-state index contributed by atoms with van der Waals surface area (Å²) in [5, 5.41) is 3.38. The molecule has 1 N–H and O–H groups in total. The van der Waals surface area contributed by atoms with Crippen molar-refractivity contribution in [2.45, 2.75) is 26.8 Å².